The van der Waals surface area contributed by atoms with E-state index in [4.69, 9.17) is 0 Å². The van der Waals surface area contributed by atoms with E-state index in [-0.39, 0.29) is 0 Å². The molecule has 0 heterocycles. The van der Waals surface area contributed by atoms with Crippen molar-refractivity contribution in [1.29, 1.82) is 0 Å². The van der Waals surface area contributed by atoms with Crippen LogP contribution in [0.4, 0.5) is 0 Å². The van der Waals surface area contributed by atoms with Gasteiger partial charge < -0.3 is 0 Å². The van der Waals surface area contributed by atoms with Crippen molar-refractivity contribution in [2.45, 2.75) is 33.0 Å². The molecule has 0 spiro atoms. The van der Waals surface area contributed by atoms with Crippen LogP contribution in [0, 0.1) is 0 Å². The van der Waals surface area contributed by atoms with E-state index >= 15 is 0 Å². The first-order valence-corrected chi connectivity index (χ1v) is 9.39. The molecule has 3 heteroatoms. The normalized spacial score (nSPS) is 12.7. The van der Waals surface area contributed by atoms with E-state index in [0.29, 0.717) is 0 Å². The third-order valence-electron chi connectivity index (χ3n) is 1.07. The third-order valence-corrected chi connectivity index (χ3v) is 5.53. The average molecular weight is 189 g/mol. The molecule has 66 valence electrons. The molecule has 0 aliphatic heterocycles. The average Bonchev–Trinajstić information content (AvgIpc) is 1.85. The summed E-state index contributed by atoms with van der Waals surface area (Å²) in [5, 5.41) is 0. The Morgan fingerprint density at radius 2 is 2.00 bits per heavy atom. The van der Waals surface area contributed by atoms with E-state index in [1.54, 1.807) is 0 Å². The van der Waals surface area contributed by atoms with Crippen LogP contribution in [0.3, 0.4) is 0 Å². The van der Waals surface area contributed by atoms with Gasteiger partial charge in [-0.2, -0.15) is 11.2 Å². The van der Waals surface area contributed by atoms with Gasteiger partial charge in [-0.15, -0.1) is 0 Å². The van der Waals surface area contributed by atoms with Crippen LogP contribution in [0.25, 0.3) is 0 Å². The summed E-state index contributed by atoms with van der Waals surface area (Å²) in [6.07, 6.45) is 3.07. The van der Waals surface area contributed by atoms with Gasteiger partial charge in [-0.05, 0) is 12.6 Å². The molecule has 0 aromatic rings. The molecule has 0 aliphatic rings. The minimum absolute atomic E-state index is 0.875. The maximum atomic E-state index is 4.27. The molecule has 0 amide bonds. The molecule has 0 fully saturated rings. The van der Waals surface area contributed by atoms with Crippen molar-refractivity contribution < 1.29 is 0 Å². The summed E-state index contributed by atoms with van der Waals surface area (Å²) < 4.78 is 0. The van der Waals surface area contributed by atoms with Gasteiger partial charge in [0, 0.05) is 12.3 Å². The molecular weight excluding hydrogens is 170 g/mol. The number of hydrogen-bond acceptors (Lipinski definition) is 2. The van der Waals surface area contributed by atoms with Gasteiger partial charge in [-0.1, -0.05) is 26.6 Å². The maximum absolute atomic E-state index is 4.27. The van der Waals surface area contributed by atoms with Crippen LogP contribution in [0.1, 0.15) is 13.3 Å². The molecular formula is C8H19NSSi. The van der Waals surface area contributed by atoms with Crippen molar-refractivity contribution in [3.8, 4) is 0 Å². The van der Waals surface area contributed by atoms with Crippen LogP contribution in [0.5, 0.6) is 0 Å². The van der Waals surface area contributed by atoms with E-state index < -0.39 is 7.22 Å². The quantitative estimate of drug-likeness (QED) is 0.368. The molecule has 0 bridgehead atoms. The van der Waals surface area contributed by atoms with Gasteiger partial charge in [0.05, 0.1) is 0 Å². The van der Waals surface area contributed by atoms with E-state index in [1.165, 1.54) is 5.75 Å². The van der Waals surface area contributed by atoms with Gasteiger partial charge in [0.25, 0.3) is 0 Å². The van der Waals surface area contributed by atoms with E-state index in [9.17, 15) is 0 Å². The predicted molar refractivity (Wildman–Crippen MR) is 59.5 cm³/mol. The molecule has 1 nitrogen and oxygen atoms in total. The Hall–Kier alpha value is 0.237. The highest BCUT2D eigenvalue weighted by molar-refractivity contribution is 8.28. The molecule has 0 unspecified atom stereocenters. The van der Waals surface area contributed by atoms with Crippen LogP contribution < -0.4 is 0 Å². The molecule has 0 N–H and O–H groups in total. The molecule has 0 rings (SSSR count). The Morgan fingerprint density at radius 3 is 2.45 bits per heavy atom. The Kier molecular flexibility index (Phi) is 5.96. The number of rotatable bonds is 5. The smallest absolute Gasteiger partial charge is 0.108 e. The van der Waals surface area contributed by atoms with Crippen molar-refractivity contribution in [2.24, 2.45) is 4.99 Å². The van der Waals surface area contributed by atoms with Crippen LogP contribution >= 0.6 is 11.2 Å². The SMILES string of the molecule is CCC=NCCS[Si](C)(C)C. The van der Waals surface area contributed by atoms with Crippen molar-refractivity contribution in [3.63, 3.8) is 0 Å². The molecule has 0 radical (unpaired) electrons. The van der Waals surface area contributed by atoms with Crippen molar-refractivity contribution in [1.82, 2.24) is 0 Å². The van der Waals surface area contributed by atoms with Gasteiger partial charge in [-0.25, -0.2) is 0 Å². The minimum Gasteiger partial charge on any atom is -0.297 e. The summed E-state index contributed by atoms with van der Waals surface area (Å²) in [6.45, 7) is 10.3. The fourth-order valence-electron chi connectivity index (χ4n) is 0.625. The lowest BCUT2D eigenvalue weighted by Gasteiger charge is -2.13. The lowest BCUT2D eigenvalue weighted by molar-refractivity contribution is 1.14. The fourth-order valence-corrected chi connectivity index (χ4v) is 3.54. The zero-order chi connectivity index (χ0) is 8.74. The first-order chi connectivity index (χ1) is 5.06. The standard InChI is InChI=1S/C8H19NSSi/c1-5-6-9-7-8-10-11(2,3)4/h6H,5,7-8H2,1-4H3. The van der Waals surface area contributed by atoms with Crippen LogP contribution in [0.2, 0.25) is 19.6 Å². The van der Waals surface area contributed by atoms with Crippen LogP contribution in [-0.2, 0) is 0 Å². The fraction of sp³-hybridized carbons (Fsp3) is 0.875. The molecule has 0 saturated carbocycles. The monoisotopic (exact) mass is 189 g/mol. The molecule has 0 aliphatic carbocycles. The molecule has 11 heavy (non-hydrogen) atoms. The second-order valence-corrected chi connectivity index (χ2v) is 12.9. The lowest BCUT2D eigenvalue weighted by Crippen LogP contribution is -2.15. The first kappa shape index (κ1) is 11.2. The minimum atomic E-state index is -0.875. The van der Waals surface area contributed by atoms with Gasteiger partial charge in [0.2, 0.25) is 0 Å². The Bertz CT molecular complexity index is 118. The molecule has 0 atom stereocenters. The number of aliphatic imine (C=N–C) groups is 1. The molecule has 0 saturated heterocycles. The lowest BCUT2D eigenvalue weighted by atomic mass is 10.5. The van der Waals surface area contributed by atoms with Crippen LogP contribution in [0.15, 0.2) is 4.99 Å². The van der Waals surface area contributed by atoms with Crippen molar-refractivity contribution in [2.75, 3.05) is 12.3 Å². The van der Waals surface area contributed by atoms with Gasteiger partial charge in [0.1, 0.15) is 7.22 Å². The maximum Gasteiger partial charge on any atom is 0.108 e. The summed E-state index contributed by atoms with van der Waals surface area (Å²) in [7, 11) is -0.875. The highest BCUT2D eigenvalue weighted by Crippen LogP contribution is 2.18. The summed E-state index contributed by atoms with van der Waals surface area (Å²) in [6, 6.07) is 0. The Morgan fingerprint density at radius 1 is 1.36 bits per heavy atom. The molecule has 0 aromatic heterocycles. The molecule has 0 aromatic carbocycles. The first-order valence-electron chi connectivity index (χ1n) is 4.18. The Balaban J connectivity index is 3.21. The van der Waals surface area contributed by atoms with Gasteiger partial charge >= 0.3 is 0 Å². The largest absolute Gasteiger partial charge is 0.297 e. The highest BCUT2D eigenvalue weighted by atomic mass is 32.4. The van der Waals surface area contributed by atoms with Gasteiger partial charge in [-0.3, -0.25) is 4.99 Å². The topological polar surface area (TPSA) is 12.4 Å². The van der Waals surface area contributed by atoms with E-state index in [0.717, 1.165) is 13.0 Å². The summed E-state index contributed by atoms with van der Waals surface area (Å²) in [4.78, 5) is 4.27. The second kappa shape index (κ2) is 5.83. The summed E-state index contributed by atoms with van der Waals surface area (Å²) >= 11 is 2.11. The van der Waals surface area contributed by atoms with Crippen LogP contribution in [-0.4, -0.2) is 25.7 Å². The highest BCUT2D eigenvalue weighted by Gasteiger charge is 2.11. The zero-order valence-electron chi connectivity index (χ0n) is 8.05. The van der Waals surface area contributed by atoms with Crippen molar-refractivity contribution in [3.05, 3.63) is 0 Å². The zero-order valence-corrected chi connectivity index (χ0v) is 9.87. The summed E-state index contributed by atoms with van der Waals surface area (Å²) in [5.41, 5.74) is 0. The second-order valence-electron chi connectivity index (χ2n) is 3.46. The third kappa shape index (κ3) is 10.2. The summed E-state index contributed by atoms with van der Waals surface area (Å²) in [5.74, 6) is 1.20. The predicted octanol–water partition coefficient (Wildman–Crippen LogP) is 3.04. The number of hydrogen-bond donors (Lipinski definition) is 0. The van der Waals surface area contributed by atoms with E-state index in [2.05, 4.69) is 42.8 Å². The Labute approximate surface area is 75.3 Å². The number of nitrogens with zero attached hydrogens (tertiary/aromatic N) is 1. The van der Waals surface area contributed by atoms with Gasteiger partial charge in [0.15, 0.2) is 0 Å². The van der Waals surface area contributed by atoms with Crippen molar-refractivity contribution >= 4 is 24.6 Å². The van der Waals surface area contributed by atoms with E-state index in [1.807, 2.05) is 6.21 Å².